The fraction of sp³-hybridized carbons (Fsp3) is 0.444. The lowest BCUT2D eigenvalue weighted by Crippen LogP contribution is -2.12. The van der Waals surface area contributed by atoms with E-state index >= 15 is 0 Å². The maximum Gasteiger partial charge on any atom is 0.333 e. The summed E-state index contributed by atoms with van der Waals surface area (Å²) in [5.41, 5.74) is 0. The number of carbonyl (C=O) groups is 3. The molecule has 0 aromatic carbocycles. The smallest absolute Gasteiger partial charge is 0.333 e. The van der Waals surface area contributed by atoms with Crippen LogP contribution in [0.3, 0.4) is 0 Å². The molecule has 0 aliphatic rings. The van der Waals surface area contributed by atoms with Crippen LogP contribution in [-0.4, -0.2) is 31.8 Å². The second-order valence-electron chi connectivity index (χ2n) is 2.38. The SMILES string of the molecule is C=CC(=O)OCOC(=O)CCC(=O)OC. The van der Waals surface area contributed by atoms with Crippen molar-refractivity contribution in [3.8, 4) is 0 Å². The van der Waals surface area contributed by atoms with Crippen molar-refractivity contribution in [2.75, 3.05) is 13.9 Å². The third-order valence-corrected chi connectivity index (χ3v) is 1.35. The molecule has 15 heavy (non-hydrogen) atoms. The number of ether oxygens (including phenoxy) is 3. The highest BCUT2D eigenvalue weighted by Crippen LogP contribution is 1.95. The molecule has 0 amide bonds. The molecular weight excluding hydrogens is 204 g/mol. The molecule has 0 aliphatic carbocycles. The number of rotatable bonds is 6. The molecule has 0 aliphatic heterocycles. The summed E-state index contributed by atoms with van der Waals surface area (Å²) in [6.07, 6.45) is 0.769. The molecule has 0 spiro atoms. The zero-order chi connectivity index (χ0) is 11.7. The first kappa shape index (κ1) is 13.2. The van der Waals surface area contributed by atoms with Crippen LogP contribution in [0.2, 0.25) is 0 Å². The van der Waals surface area contributed by atoms with E-state index in [4.69, 9.17) is 0 Å². The predicted molar refractivity (Wildman–Crippen MR) is 48.5 cm³/mol. The summed E-state index contributed by atoms with van der Waals surface area (Å²) in [6, 6.07) is 0. The molecule has 0 saturated heterocycles. The van der Waals surface area contributed by atoms with Crippen LogP contribution in [0.15, 0.2) is 12.7 Å². The Bertz CT molecular complexity index is 257. The van der Waals surface area contributed by atoms with Crippen molar-refractivity contribution < 1.29 is 28.6 Å². The van der Waals surface area contributed by atoms with Gasteiger partial charge in [-0.25, -0.2) is 4.79 Å². The van der Waals surface area contributed by atoms with E-state index in [0.717, 1.165) is 6.08 Å². The molecule has 0 atom stereocenters. The number of esters is 3. The second kappa shape index (κ2) is 7.54. The van der Waals surface area contributed by atoms with Crippen molar-refractivity contribution in [1.29, 1.82) is 0 Å². The Morgan fingerprint density at radius 1 is 1.13 bits per heavy atom. The van der Waals surface area contributed by atoms with E-state index in [1.54, 1.807) is 0 Å². The van der Waals surface area contributed by atoms with Gasteiger partial charge in [-0.2, -0.15) is 0 Å². The van der Waals surface area contributed by atoms with Crippen LogP contribution in [0.4, 0.5) is 0 Å². The summed E-state index contributed by atoms with van der Waals surface area (Å²) < 4.78 is 13.2. The van der Waals surface area contributed by atoms with Gasteiger partial charge in [0.25, 0.3) is 0 Å². The Morgan fingerprint density at radius 3 is 2.27 bits per heavy atom. The fourth-order valence-corrected chi connectivity index (χ4v) is 0.591. The first-order valence-electron chi connectivity index (χ1n) is 4.11. The average Bonchev–Trinajstić information content (AvgIpc) is 2.25. The third-order valence-electron chi connectivity index (χ3n) is 1.35. The molecule has 0 fully saturated rings. The van der Waals surface area contributed by atoms with E-state index in [9.17, 15) is 14.4 Å². The number of hydrogen-bond donors (Lipinski definition) is 0. The van der Waals surface area contributed by atoms with E-state index in [1.807, 2.05) is 0 Å². The number of methoxy groups -OCH3 is 1. The van der Waals surface area contributed by atoms with E-state index in [0.29, 0.717) is 0 Å². The van der Waals surface area contributed by atoms with Gasteiger partial charge in [-0.1, -0.05) is 6.58 Å². The maximum absolute atomic E-state index is 10.9. The van der Waals surface area contributed by atoms with Crippen molar-refractivity contribution in [1.82, 2.24) is 0 Å². The molecule has 0 saturated carbocycles. The molecule has 0 aromatic rings. The van der Waals surface area contributed by atoms with Crippen molar-refractivity contribution in [2.45, 2.75) is 12.8 Å². The Kier molecular flexibility index (Phi) is 6.61. The largest absolute Gasteiger partial charge is 0.469 e. The standard InChI is InChI=1S/C9H12O6/c1-3-7(10)14-6-15-9(12)5-4-8(11)13-2/h3H,1,4-6H2,2H3. The highest BCUT2D eigenvalue weighted by molar-refractivity contribution is 5.81. The van der Waals surface area contributed by atoms with Crippen LogP contribution in [0.5, 0.6) is 0 Å². The minimum atomic E-state index is -0.684. The first-order chi connectivity index (χ1) is 7.10. The topological polar surface area (TPSA) is 78.9 Å². The lowest BCUT2D eigenvalue weighted by Gasteiger charge is -2.03. The van der Waals surface area contributed by atoms with Gasteiger partial charge >= 0.3 is 17.9 Å². The lowest BCUT2D eigenvalue weighted by atomic mass is 10.3. The van der Waals surface area contributed by atoms with E-state index in [2.05, 4.69) is 20.8 Å². The summed E-state index contributed by atoms with van der Waals surface area (Å²) >= 11 is 0. The van der Waals surface area contributed by atoms with Gasteiger partial charge in [-0.15, -0.1) is 0 Å². The van der Waals surface area contributed by atoms with E-state index in [-0.39, 0.29) is 12.8 Å². The van der Waals surface area contributed by atoms with Crippen molar-refractivity contribution in [3.63, 3.8) is 0 Å². The van der Waals surface area contributed by atoms with Crippen molar-refractivity contribution in [2.24, 2.45) is 0 Å². The monoisotopic (exact) mass is 216 g/mol. The minimum Gasteiger partial charge on any atom is -0.469 e. The van der Waals surface area contributed by atoms with Crippen LogP contribution in [0.1, 0.15) is 12.8 Å². The number of carbonyl (C=O) groups excluding carboxylic acids is 3. The van der Waals surface area contributed by atoms with Crippen LogP contribution < -0.4 is 0 Å². The van der Waals surface area contributed by atoms with Crippen LogP contribution in [0, 0.1) is 0 Å². The summed E-state index contributed by atoms with van der Waals surface area (Å²) in [7, 11) is 1.22. The van der Waals surface area contributed by atoms with Crippen molar-refractivity contribution in [3.05, 3.63) is 12.7 Å². The molecule has 0 aromatic heterocycles. The molecule has 84 valence electrons. The fourth-order valence-electron chi connectivity index (χ4n) is 0.591. The van der Waals surface area contributed by atoms with Crippen LogP contribution in [0.25, 0.3) is 0 Å². The molecule has 6 heteroatoms. The predicted octanol–water partition coefficient (Wildman–Crippen LogP) is 0.169. The third kappa shape index (κ3) is 7.24. The summed E-state index contributed by atoms with van der Waals surface area (Å²) in [4.78, 5) is 32.0. The van der Waals surface area contributed by atoms with Gasteiger partial charge in [0.1, 0.15) is 0 Å². The summed E-state index contributed by atoms with van der Waals surface area (Å²) in [5, 5.41) is 0. The van der Waals surface area contributed by atoms with Gasteiger partial charge < -0.3 is 14.2 Å². The van der Waals surface area contributed by atoms with Crippen LogP contribution >= 0.6 is 0 Å². The molecule has 6 nitrogen and oxygen atoms in total. The Balaban J connectivity index is 3.53. The first-order valence-corrected chi connectivity index (χ1v) is 4.11. The van der Waals surface area contributed by atoms with E-state index < -0.39 is 24.7 Å². The maximum atomic E-state index is 10.9. The second-order valence-corrected chi connectivity index (χ2v) is 2.38. The van der Waals surface area contributed by atoms with Gasteiger partial charge in [0, 0.05) is 6.08 Å². The lowest BCUT2D eigenvalue weighted by molar-refractivity contribution is -0.165. The Labute approximate surface area is 86.8 Å². The number of hydrogen-bond acceptors (Lipinski definition) is 6. The molecule has 0 bridgehead atoms. The van der Waals surface area contributed by atoms with Gasteiger partial charge in [-0.3, -0.25) is 9.59 Å². The minimum absolute atomic E-state index is 0.0647. The molecule has 0 N–H and O–H groups in total. The molecule has 0 unspecified atom stereocenters. The Morgan fingerprint density at radius 2 is 1.73 bits per heavy atom. The molecular formula is C9H12O6. The highest BCUT2D eigenvalue weighted by atomic mass is 16.7. The zero-order valence-corrected chi connectivity index (χ0v) is 8.36. The Hall–Kier alpha value is -1.85. The summed E-state index contributed by atoms with van der Waals surface area (Å²) in [6.45, 7) is 2.67. The molecule has 0 radical (unpaired) electrons. The zero-order valence-electron chi connectivity index (χ0n) is 8.36. The molecule has 0 heterocycles. The van der Waals surface area contributed by atoms with Gasteiger partial charge in [0.05, 0.1) is 20.0 Å². The molecule has 0 rings (SSSR count). The average molecular weight is 216 g/mol. The quantitative estimate of drug-likeness (QED) is 0.357. The normalized spacial score (nSPS) is 8.87. The van der Waals surface area contributed by atoms with Gasteiger partial charge in [0.2, 0.25) is 6.79 Å². The van der Waals surface area contributed by atoms with E-state index in [1.165, 1.54) is 7.11 Å². The van der Waals surface area contributed by atoms with Gasteiger partial charge in [0.15, 0.2) is 0 Å². The highest BCUT2D eigenvalue weighted by Gasteiger charge is 2.08. The van der Waals surface area contributed by atoms with Crippen molar-refractivity contribution >= 4 is 17.9 Å². The summed E-state index contributed by atoms with van der Waals surface area (Å²) in [5.74, 6) is -1.83. The van der Waals surface area contributed by atoms with Crippen LogP contribution in [-0.2, 0) is 28.6 Å². The van der Waals surface area contributed by atoms with Gasteiger partial charge in [-0.05, 0) is 0 Å².